The average Bonchev–Trinajstić information content (AvgIpc) is 3.10. The summed E-state index contributed by atoms with van der Waals surface area (Å²) >= 11 is 0. The lowest BCUT2D eigenvalue weighted by Crippen LogP contribution is -2.40. The maximum absolute atomic E-state index is 11.7. The SMILES string of the molecule is O=C(NCCNC(=O)[C@@H]1CC[C@H](C(=O)O)O1)C1CC1. The number of carboxylic acids is 1. The van der Waals surface area contributed by atoms with E-state index in [1.807, 2.05) is 0 Å². The molecule has 0 radical (unpaired) electrons. The lowest BCUT2D eigenvalue weighted by molar-refractivity contribution is -0.151. The smallest absolute Gasteiger partial charge is 0.332 e. The number of hydrogen-bond acceptors (Lipinski definition) is 4. The van der Waals surface area contributed by atoms with Gasteiger partial charge in [-0.15, -0.1) is 0 Å². The van der Waals surface area contributed by atoms with Crippen LogP contribution in [0.3, 0.4) is 0 Å². The number of amides is 2. The fourth-order valence-corrected chi connectivity index (χ4v) is 1.99. The second-order valence-electron chi connectivity index (χ2n) is 4.89. The van der Waals surface area contributed by atoms with Crippen molar-refractivity contribution in [3.05, 3.63) is 0 Å². The molecule has 0 unspecified atom stereocenters. The highest BCUT2D eigenvalue weighted by molar-refractivity contribution is 5.83. The maximum Gasteiger partial charge on any atom is 0.332 e. The lowest BCUT2D eigenvalue weighted by Gasteiger charge is -2.12. The number of nitrogens with one attached hydrogen (secondary N) is 2. The molecule has 1 saturated carbocycles. The van der Waals surface area contributed by atoms with Crippen molar-refractivity contribution in [3.63, 3.8) is 0 Å². The van der Waals surface area contributed by atoms with Crippen LogP contribution in [0, 0.1) is 5.92 Å². The first kappa shape index (κ1) is 13.8. The first-order valence-electron chi connectivity index (χ1n) is 6.51. The van der Waals surface area contributed by atoms with E-state index in [2.05, 4.69) is 10.6 Å². The van der Waals surface area contributed by atoms with Gasteiger partial charge in [0.2, 0.25) is 11.8 Å². The number of carboxylic acid groups (broad SMARTS) is 1. The third kappa shape index (κ3) is 3.92. The molecule has 0 aromatic rings. The lowest BCUT2D eigenvalue weighted by atomic mass is 10.2. The van der Waals surface area contributed by atoms with Crippen LogP contribution in [0.2, 0.25) is 0 Å². The van der Waals surface area contributed by atoms with Crippen LogP contribution in [-0.4, -0.2) is 48.2 Å². The molecule has 2 amide bonds. The van der Waals surface area contributed by atoms with Gasteiger partial charge in [0.15, 0.2) is 6.10 Å². The number of rotatable bonds is 6. The van der Waals surface area contributed by atoms with Gasteiger partial charge in [-0.05, 0) is 25.7 Å². The molecule has 3 N–H and O–H groups in total. The minimum Gasteiger partial charge on any atom is -0.479 e. The van der Waals surface area contributed by atoms with E-state index in [4.69, 9.17) is 9.84 Å². The fourth-order valence-electron chi connectivity index (χ4n) is 1.99. The van der Waals surface area contributed by atoms with Crippen LogP contribution in [0.25, 0.3) is 0 Å². The van der Waals surface area contributed by atoms with E-state index in [9.17, 15) is 14.4 Å². The number of carbonyl (C=O) groups is 3. The predicted octanol–water partition coefficient (Wildman–Crippen LogP) is -0.739. The molecule has 1 aliphatic heterocycles. The monoisotopic (exact) mass is 270 g/mol. The number of carbonyl (C=O) groups excluding carboxylic acids is 2. The van der Waals surface area contributed by atoms with E-state index in [1.54, 1.807) is 0 Å². The molecule has 1 saturated heterocycles. The zero-order chi connectivity index (χ0) is 13.8. The molecule has 2 aliphatic rings. The van der Waals surface area contributed by atoms with Crippen LogP contribution in [0.4, 0.5) is 0 Å². The molecular weight excluding hydrogens is 252 g/mol. The van der Waals surface area contributed by atoms with Crippen molar-refractivity contribution in [1.29, 1.82) is 0 Å². The molecule has 7 nitrogen and oxygen atoms in total. The Kier molecular flexibility index (Phi) is 4.36. The summed E-state index contributed by atoms with van der Waals surface area (Å²) < 4.78 is 5.11. The van der Waals surface area contributed by atoms with Crippen LogP contribution in [0.5, 0.6) is 0 Å². The van der Waals surface area contributed by atoms with E-state index < -0.39 is 18.2 Å². The highest BCUT2D eigenvalue weighted by atomic mass is 16.5. The normalized spacial score (nSPS) is 25.9. The predicted molar refractivity (Wildman–Crippen MR) is 64.3 cm³/mol. The Morgan fingerprint density at radius 2 is 1.53 bits per heavy atom. The summed E-state index contributed by atoms with van der Waals surface area (Å²) in [7, 11) is 0. The second kappa shape index (κ2) is 6.01. The highest BCUT2D eigenvalue weighted by Crippen LogP contribution is 2.28. The zero-order valence-corrected chi connectivity index (χ0v) is 10.6. The maximum atomic E-state index is 11.7. The molecule has 106 valence electrons. The van der Waals surface area contributed by atoms with Gasteiger partial charge in [0.1, 0.15) is 6.10 Å². The molecule has 1 aliphatic carbocycles. The van der Waals surface area contributed by atoms with Crippen LogP contribution in [-0.2, 0) is 19.1 Å². The van der Waals surface area contributed by atoms with Crippen molar-refractivity contribution >= 4 is 17.8 Å². The first-order valence-corrected chi connectivity index (χ1v) is 6.51. The Morgan fingerprint density at radius 3 is 2.05 bits per heavy atom. The Balaban J connectivity index is 1.59. The Labute approximate surface area is 110 Å². The van der Waals surface area contributed by atoms with Gasteiger partial charge in [-0.25, -0.2) is 4.79 Å². The number of ether oxygens (including phenoxy) is 1. The van der Waals surface area contributed by atoms with E-state index in [0.29, 0.717) is 25.9 Å². The molecule has 0 aromatic carbocycles. The van der Waals surface area contributed by atoms with E-state index in [1.165, 1.54) is 0 Å². The third-order valence-corrected chi connectivity index (χ3v) is 3.26. The molecule has 7 heteroatoms. The molecule has 2 rings (SSSR count). The van der Waals surface area contributed by atoms with Crippen molar-refractivity contribution in [3.8, 4) is 0 Å². The van der Waals surface area contributed by atoms with Gasteiger partial charge >= 0.3 is 5.97 Å². The zero-order valence-electron chi connectivity index (χ0n) is 10.6. The number of hydrogen-bond donors (Lipinski definition) is 3. The molecule has 2 fully saturated rings. The summed E-state index contributed by atoms with van der Waals surface area (Å²) in [6.07, 6.45) is 1.09. The minimum absolute atomic E-state index is 0.0392. The van der Waals surface area contributed by atoms with Crippen molar-refractivity contribution in [2.75, 3.05) is 13.1 Å². The Hall–Kier alpha value is -1.63. The van der Waals surface area contributed by atoms with Crippen molar-refractivity contribution in [2.45, 2.75) is 37.9 Å². The van der Waals surface area contributed by atoms with Gasteiger partial charge in [-0.1, -0.05) is 0 Å². The molecule has 0 aromatic heterocycles. The van der Waals surface area contributed by atoms with Crippen LogP contribution in [0.15, 0.2) is 0 Å². The molecule has 1 heterocycles. The van der Waals surface area contributed by atoms with Crippen molar-refractivity contribution < 1.29 is 24.2 Å². The highest BCUT2D eigenvalue weighted by Gasteiger charge is 2.34. The summed E-state index contributed by atoms with van der Waals surface area (Å²) in [6.45, 7) is 0.713. The van der Waals surface area contributed by atoms with E-state index in [0.717, 1.165) is 12.8 Å². The second-order valence-corrected chi connectivity index (χ2v) is 4.89. The molecule has 0 spiro atoms. The van der Waals surface area contributed by atoms with Crippen molar-refractivity contribution in [1.82, 2.24) is 10.6 Å². The fraction of sp³-hybridized carbons (Fsp3) is 0.750. The van der Waals surface area contributed by atoms with E-state index >= 15 is 0 Å². The summed E-state index contributed by atoms with van der Waals surface area (Å²) in [5.41, 5.74) is 0. The molecular formula is C12H18N2O5. The molecule has 2 atom stereocenters. The van der Waals surface area contributed by atoms with Gasteiger partial charge < -0.3 is 20.5 Å². The standard InChI is InChI=1S/C12H18N2O5/c15-10(7-1-2-7)13-5-6-14-11(16)8-3-4-9(19-8)12(17)18/h7-9H,1-6H2,(H,13,15)(H,14,16)(H,17,18)/t8-,9+/m0/s1. The van der Waals surface area contributed by atoms with Gasteiger partial charge in [-0.2, -0.15) is 0 Å². The van der Waals surface area contributed by atoms with Crippen molar-refractivity contribution in [2.24, 2.45) is 5.92 Å². The van der Waals surface area contributed by atoms with Gasteiger partial charge in [0.05, 0.1) is 0 Å². The first-order chi connectivity index (χ1) is 9.08. The quantitative estimate of drug-likeness (QED) is 0.551. The molecule has 19 heavy (non-hydrogen) atoms. The largest absolute Gasteiger partial charge is 0.479 e. The summed E-state index contributed by atoms with van der Waals surface area (Å²) in [6, 6.07) is 0. The third-order valence-electron chi connectivity index (χ3n) is 3.26. The Morgan fingerprint density at radius 1 is 0.947 bits per heavy atom. The molecule has 0 bridgehead atoms. The average molecular weight is 270 g/mol. The van der Waals surface area contributed by atoms with Gasteiger partial charge in [0, 0.05) is 19.0 Å². The van der Waals surface area contributed by atoms with E-state index in [-0.39, 0.29) is 17.7 Å². The summed E-state index contributed by atoms with van der Waals surface area (Å²) in [5.74, 6) is -1.15. The van der Waals surface area contributed by atoms with Crippen LogP contribution in [0.1, 0.15) is 25.7 Å². The van der Waals surface area contributed by atoms with Gasteiger partial charge in [-0.3, -0.25) is 9.59 Å². The minimum atomic E-state index is -1.04. The summed E-state index contributed by atoms with van der Waals surface area (Å²) in [4.78, 5) is 33.6. The van der Waals surface area contributed by atoms with Crippen LogP contribution < -0.4 is 10.6 Å². The number of aliphatic carboxylic acids is 1. The summed E-state index contributed by atoms with van der Waals surface area (Å²) in [5, 5.41) is 14.1. The van der Waals surface area contributed by atoms with Gasteiger partial charge in [0.25, 0.3) is 0 Å². The Bertz CT molecular complexity index is 380. The topological polar surface area (TPSA) is 105 Å². The van der Waals surface area contributed by atoms with Crippen LogP contribution >= 0.6 is 0 Å².